The molecule has 5 nitrogen and oxygen atoms in total. The predicted octanol–water partition coefficient (Wildman–Crippen LogP) is 0.496. The van der Waals surface area contributed by atoms with Crippen LogP contribution in [0, 0.1) is 5.92 Å². The number of carbonyl (C=O) groups is 1. The third-order valence-corrected chi connectivity index (χ3v) is 3.44. The van der Waals surface area contributed by atoms with E-state index in [2.05, 4.69) is 10.2 Å². The van der Waals surface area contributed by atoms with Gasteiger partial charge in [0.05, 0.1) is 13.7 Å². The minimum atomic E-state index is -0.179. The second-order valence-electron chi connectivity index (χ2n) is 4.83. The van der Waals surface area contributed by atoms with Gasteiger partial charge in [-0.1, -0.05) is 6.92 Å². The maximum absolute atomic E-state index is 11.6. The second-order valence-corrected chi connectivity index (χ2v) is 4.83. The zero-order valence-corrected chi connectivity index (χ0v) is 11.8. The fourth-order valence-electron chi connectivity index (χ4n) is 2.49. The Bertz CT molecular complexity index is 248. The molecule has 1 fully saturated rings. The Morgan fingerprint density at radius 1 is 1.50 bits per heavy atom. The number of carbonyl (C=O) groups excluding carboxylic acids is 1. The fourth-order valence-corrected chi connectivity index (χ4v) is 2.49. The molecule has 18 heavy (non-hydrogen) atoms. The molecule has 1 aliphatic heterocycles. The quantitative estimate of drug-likeness (QED) is 0.642. The monoisotopic (exact) mass is 258 g/mol. The van der Waals surface area contributed by atoms with Crippen molar-refractivity contribution in [1.29, 1.82) is 0 Å². The van der Waals surface area contributed by atoms with Gasteiger partial charge >= 0.3 is 5.97 Å². The van der Waals surface area contributed by atoms with Gasteiger partial charge in [-0.25, -0.2) is 0 Å². The van der Waals surface area contributed by atoms with Gasteiger partial charge in [0.25, 0.3) is 0 Å². The number of esters is 1. The van der Waals surface area contributed by atoms with E-state index in [1.807, 2.05) is 6.92 Å². The zero-order valence-electron chi connectivity index (χ0n) is 11.8. The van der Waals surface area contributed by atoms with E-state index in [1.165, 1.54) is 13.5 Å². The van der Waals surface area contributed by atoms with Gasteiger partial charge < -0.3 is 19.7 Å². The van der Waals surface area contributed by atoms with Gasteiger partial charge in [-0.05, 0) is 31.8 Å². The molecule has 0 spiro atoms. The summed E-state index contributed by atoms with van der Waals surface area (Å²) in [6.45, 7) is 6.74. The van der Waals surface area contributed by atoms with Crippen molar-refractivity contribution in [3.63, 3.8) is 0 Å². The fraction of sp³-hybridized carbons (Fsp3) is 0.923. The SMILES string of the molecule is CCNC(CCN1CCC(COC)C1)C(=O)OC. The molecule has 0 amide bonds. The third-order valence-electron chi connectivity index (χ3n) is 3.44. The summed E-state index contributed by atoms with van der Waals surface area (Å²) in [7, 11) is 3.19. The lowest BCUT2D eigenvalue weighted by atomic mass is 10.1. The molecule has 5 heteroatoms. The summed E-state index contributed by atoms with van der Waals surface area (Å²) in [5.74, 6) is 0.482. The lowest BCUT2D eigenvalue weighted by Crippen LogP contribution is -2.40. The largest absolute Gasteiger partial charge is 0.468 e. The number of nitrogens with zero attached hydrogens (tertiary/aromatic N) is 1. The van der Waals surface area contributed by atoms with E-state index in [4.69, 9.17) is 9.47 Å². The maximum atomic E-state index is 11.6. The Balaban J connectivity index is 2.28. The number of hydrogen-bond acceptors (Lipinski definition) is 5. The highest BCUT2D eigenvalue weighted by atomic mass is 16.5. The summed E-state index contributed by atoms with van der Waals surface area (Å²) in [4.78, 5) is 14.0. The van der Waals surface area contributed by atoms with Crippen molar-refractivity contribution in [3.8, 4) is 0 Å². The lowest BCUT2D eigenvalue weighted by molar-refractivity contribution is -0.143. The van der Waals surface area contributed by atoms with Crippen LogP contribution < -0.4 is 5.32 Å². The second kappa shape index (κ2) is 8.45. The Labute approximate surface area is 110 Å². The molecule has 1 aliphatic rings. The van der Waals surface area contributed by atoms with Crippen molar-refractivity contribution >= 4 is 5.97 Å². The average molecular weight is 258 g/mol. The number of ether oxygens (including phenoxy) is 2. The van der Waals surface area contributed by atoms with Crippen molar-refractivity contribution in [2.75, 3.05) is 47.0 Å². The van der Waals surface area contributed by atoms with Crippen LogP contribution in [0.4, 0.5) is 0 Å². The molecule has 2 unspecified atom stereocenters. The van der Waals surface area contributed by atoms with E-state index in [1.54, 1.807) is 7.11 Å². The van der Waals surface area contributed by atoms with Crippen molar-refractivity contribution < 1.29 is 14.3 Å². The number of nitrogens with one attached hydrogen (secondary N) is 1. The molecule has 1 heterocycles. The van der Waals surface area contributed by atoms with E-state index >= 15 is 0 Å². The number of likely N-dealkylation sites (N-methyl/N-ethyl adjacent to an activating group) is 1. The highest BCUT2D eigenvalue weighted by Gasteiger charge is 2.24. The summed E-state index contributed by atoms with van der Waals surface area (Å²) in [6.07, 6.45) is 2.00. The molecule has 1 saturated heterocycles. The van der Waals surface area contributed by atoms with Crippen LogP contribution in [0.5, 0.6) is 0 Å². The summed E-state index contributed by atoms with van der Waals surface area (Å²) in [5, 5.41) is 3.17. The van der Waals surface area contributed by atoms with Gasteiger partial charge in [0.2, 0.25) is 0 Å². The first-order valence-corrected chi connectivity index (χ1v) is 6.73. The van der Waals surface area contributed by atoms with Gasteiger partial charge in [-0.2, -0.15) is 0 Å². The van der Waals surface area contributed by atoms with Gasteiger partial charge in [0, 0.05) is 20.2 Å². The van der Waals surface area contributed by atoms with Crippen LogP contribution in [0.1, 0.15) is 19.8 Å². The first kappa shape index (κ1) is 15.4. The first-order chi connectivity index (χ1) is 8.71. The molecular weight excluding hydrogens is 232 g/mol. The van der Waals surface area contributed by atoms with Gasteiger partial charge in [0.1, 0.15) is 6.04 Å². The van der Waals surface area contributed by atoms with Gasteiger partial charge in [-0.15, -0.1) is 0 Å². The predicted molar refractivity (Wildman–Crippen MR) is 70.5 cm³/mol. The van der Waals surface area contributed by atoms with E-state index in [9.17, 15) is 4.79 Å². The molecule has 1 rings (SSSR count). The van der Waals surface area contributed by atoms with Crippen LogP contribution in [0.15, 0.2) is 0 Å². The van der Waals surface area contributed by atoms with E-state index in [0.717, 1.165) is 39.2 Å². The number of hydrogen-bond donors (Lipinski definition) is 1. The topological polar surface area (TPSA) is 50.8 Å². The molecule has 0 aromatic carbocycles. The summed E-state index contributed by atoms with van der Waals surface area (Å²) in [6, 6.07) is -0.179. The van der Waals surface area contributed by atoms with Crippen molar-refractivity contribution in [2.24, 2.45) is 5.92 Å². The van der Waals surface area contributed by atoms with Crippen LogP contribution in [-0.2, 0) is 14.3 Å². The first-order valence-electron chi connectivity index (χ1n) is 6.73. The number of rotatable bonds is 8. The molecule has 0 aromatic heterocycles. The van der Waals surface area contributed by atoms with Crippen LogP contribution in [0.25, 0.3) is 0 Å². The van der Waals surface area contributed by atoms with Crippen LogP contribution >= 0.6 is 0 Å². The number of likely N-dealkylation sites (tertiary alicyclic amines) is 1. The average Bonchev–Trinajstić information content (AvgIpc) is 2.82. The normalized spacial score (nSPS) is 22.1. The summed E-state index contributed by atoms with van der Waals surface area (Å²) >= 11 is 0. The molecule has 106 valence electrons. The highest BCUT2D eigenvalue weighted by molar-refractivity contribution is 5.75. The minimum Gasteiger partial charge on any atom is -0.468 e. The molecule has 0 saturated carbocycles. The molecule has 1 N–H and O–H groups in total. The van der Waals surface area contributed by atoms with Gasteiger partial charge in [-0.3, -0.25) is 4.79 Å². The molecule has 2 atom stereocenters. The van der Waals surface area contributed by atoms with E-state index in [0.29, 0.717) is 5.92 Å². The van der Waals surface area contributed by atoms with Crippen LogP contribution in [0.2, 0.25) is 0 Å². The Morgan fingerprint density at radius 2 is 2.28 bits per heavy atom. The highest BCUT2D eigenvalue weighted by Crippen LogP contribution is 2.16. The molecular formula is C13H26N2O3. The molecule has 0 aromatic rings. The molecule has 0 radical (unpaired) electrons. The summed E-state index contributed by atoms with van der Waals surface area (Å²) in [5.41, 5.74) is 0. The van der Waals surface area contributed by atoms with Crippen molar-refractivity contribution in [2.45, 2.75) is 25.8 Å². The Kier molecular flexibility index (Phi) is 7.23. The van der Waals surface area contributed by atoms with E-state index in [-0.39, 0.29) is 12.0 Å². The maximum Gasteiger partial charge on any atom is 0.322 e. The van der Waals surface area contributed by atoms with Crippen molar-refractivity contribution in [3.05, 3.63) is 0 Å². The number of methoxy groups -OCH3 is 2. The van der Waals surface area contributed by atoms with Crippen molar-refractivity contribution in [1.82, 2.24) is 10.2 Å². The Hall–Kier alpha value is -0.650. The Morgan fingerprint density at radius 3 is 2.89 bits per heavy atom. The molecule has 0 bridgehead atoms. The zero-order chi connectivity index (χ0) is 13.4. The summed E-state index contributed by atoms with van der Waals surface area (Å²) < 4.78 is 9.98. The third kappa shape index (κ3) is 4.92. The van der Waals surface area contributed by atoms with Crippen LogP contribution in [-0.4, -0.2) is 63.9 Å². The minimum absolute atomic E-state index is 0.163. The lowest BCUT2D eigenvalue weighted by Gasteiger charge is -2.20. The van der Waals surface area contributed by atoms with Crippen LogP contribution in [0.3, 0.4) is 0 Å². The standard InChI is InChI=1S/C13H26N2O3/c1-4-14-12(13(16)18-3)6-8-15-7-5-11(9-15)10-17-2/h11-12,14H,4-10H2,1-3H3. The smallest absolute Gasteiger partial charge is 0.322 e. The van der Waals surface area contributed by atoms with E-state index < -0.39 is 0 Å². The molecule has 0 aliphatic carbocycles. The van der Waals surface area contributed by atoms with Gasteiger partial charge in [0.15, 0.2) is 0 Å².